The van der Waals surface area contributed by atoms with E-state index in [9.17, 15) is 0 Å². The first-order valence-electron chi connectivity index (χ1n) is 9.65. The molecular formula is C19H41BrClN. The molecule has 0 aromatic heterocycles. The highest BCUT2D eigenvalue weighted by Gasteiger charge is 2.24. The molecule has 0 aliphatic carbocycles. The zero-order chi connectivity index (χ0) is 15.8. The van der Waals surface area contributed by atoms with Crippen LogP contribution in [0.2, 0.25) is 0 Å². The van der Waals surface area contributed by atoms with Crippen molar-refractivity contribution in [3.8, 4) is 0 Å². The van der Waals surface area contributed by atoms with Crippen LogP contribution in [0.1, 0.15) is 97.8 Å². The minimum atomic E-state index is 0. The fourth-order valence-electron chi connectivity index (χ4n) is 3.14. The predicted octanol–water partition coefficient (Wildman–Crippen LogP) is 3.90. The van der Waals surface area contributed by atoms with Gasteiger partial charge in [-0.15, -0.1) is 0 Å². The van der Waals surface area contributed by atoms with Crippen molar-refractivity contribution in [2.24, 2.45) is 0 Å². The lowest BCUT2D eigenvalue weighted by molar-refractivity contribution is -0.916. The molecule has 0 aliphatic heterocycles. The van der Waals surface area contributed by atoms with Gasteiger partial charge in [0.25, 0.3) is 0 Å². The van der Waals surface area contributed by atoms with Gasteiger partial charge in [-0.25, -0.2) is 0 Å². The lowest BCUT2D eigenvalue weighted by Crippen LogP contribution is -3.00. The average Bonchev–Trinajstić information content (AvgIpc) is 2.51. The first-order valence-corrected chi connectivity index (χ1v) is 10.8. The van der Waals surface area contributed by atoms with Crippen LogP contribution in [0.25, 0.3) is 0 Å². The second-order valence-electron chi connectivity index (χ2n) is 6.81. The van der Waals surface area contributed by atoms with Gasteiger partial charge in [0, 0.05) is 0 Å². The van der Waals surface area contributed by atoms with E-state index in [1.807, 2.05) is 0 Å². The molecule has 0 rings (SSSR count). The quantitative estimate of drug-likeness (QED) is 0.160. The summed E-state index contributed by atoms with van der Waals surface area (Å²) in [5, 5.41) is 0. The Kier molecular flexibility index (Phi) is 20.5. The molecule has 0 amide bonds. The van der Waals surface area contributed by atoms with E-state index in [2.05, 4.69) is 36.7 Å². The number of hydrogen-bond acceptors (Lipinski definition) is 0. The van der Waals surface area contributed by atoms with Crippen LogP contribution in [0.15, 0.2) is 0 Å². The lowest BCUT2D eigenvalue weighted by atomic mass is 10.1. The number of unbranched alkanes of at least 4 members (excludes halogenated alkanes) is 9. The third-order valence-corrected chi connectivity index (χ3v) is 5.78. The van der Waals surface area contributed by atoms with Crippen molar-refractivity contribution in [3.05, 3.63) is 0 Å². The maximum atomic E-state index is 3.85. The number of halogens is 2. The summed E-state index contributed by atoms with van der Waals surface area (Å²) in [6.45, 7) is 11.1. The van der Waals surface area contributed by atoms with Gasteiger partial charge in [-0.2, -0.15) is 0 Å². The van der Waals surface area contributed by atoms with Crippen LogP contribution in [0, 0.1) is 0 Å². The smallest absolute Gasteiger partial charge is 0.134 e. The first kappa shape index (κ1) is 25.0. The number of quaternary nitrogens is 1. The normalized spacial score (nSPS) is 11.5. The van der Waals surface area contributed by atoms with Crippen LogP contribution in [0.3, 0.4) is 0 Å². The lowest BCUT2D eigenvalue weighted by Gasteiger charge is -2.37. The van der Waals surface area contributed by atoms with Gasteiger partial charge < -0.3 is 16.9 Å². The molecule has 0 bridgehead atoms. The van der Waals surface area contributed by atoms with Crippen molar-refractivity contribution in [2.75, 3.05) is 25.1 Å². The molecule has 0 aromatic rings. The molecule has 0 radical (unpaired) electrons. The van der Waals surface area contributed by atoms with Gasteiger partial charge in [0.05, 0.1) is 19.6 Å². The Morgan fingerprint density at radius 1 is 0.545 bits per heavy atom. The minimum absolute atomic E-state index is 0. The van der Waals surface area contributed by atoms with Gasteiger partial charge in [-0.1, -0.05) is 59.3 Å². The van der Waals surface area contributed by atoms with Crippen LogP contribution >= 0.6 is 15.9 Å². The Morgan fingerprint density at radius 2 is 0.864 bits per heavy atom. The number of hydrogen-bond donors (Lipinski definition) is 0. The van der Waals surface area contributed by atoms with E-state index < -0.39 is 0 Å². The van der Waals surface area contributed by atoms with Crippen molar-refractivity contribution in [1.82, 2.24) is 0 Å². The summed E-state index contributed by atoms with van der Waals surface area (Å²) in [6.07, 6.45) is 16.8. The van der Waals surface area contributed by atoms with Gasteiger partial charge in [0.1, 0.15) is 5.45 Å². The topological polar surface area (TPSA) is 0 Å². The van der Waals surface area contributed by atoms with Gasteiger partial charge in [0.2, 0.25) is 0 Å². The fraction of sp³-hybridized carbons (Fsp3) is 1.00. The molecule has 0 atom stereocenters. The minimum Gasteiger partial charge on any atom is -1.00 e. The van der Waals surface area contributed by atoms with Crippen molar-refractivity contribution in [3.63, 3.8) is 0 Å². The van der Waals surface area contributed by atoms with Crippen molar-refractivity contribution in [1.29, 1.82) is 0 Å². The van der Waals surface area contributed by atoms with Gasteiger partial charge >= 0.3 is 0 Å². The Bertz CT molecular complexity index is 180. The van der Waals surface area contributed by atoms with Gasteiger partial charge in [-0.3, -0.25) is 0 Å². The summed E-state index contributed by atoms with van der Waals surface area (Å²) in [4.78, 5) is 0. The fourth-order valence-corrected chi connectivity index (χ4v) is 3.89. The van der Waals surface area contributed by atoms with E-state index >= 15 is 0 Å². The number of nitrogens with zero attached hydrogens (tertiary/aromatic N) is 1. The molecule has 0 saturated heterocycles. The predicted molar refractivity (Wildman–Crippen MR) is 101 cm³/mol. The summed E-state index contributed by atoms with van der Waals surface area (Å²) in [7, 11) is 0. The third-order valence-electron chi connectivity index (χ3n) is 4.71. The zero-order valence-corrected chi connectivity index (χ0v) is 17.9. The molecule has 0 heterocycles. The molecule has 3 heteroatoms. The molecule has 136 valence electrons. The standard InChI is InChI=1S/C19H41BrN.ClH/c1-4-7-10-13-16-21(19-20,17-14-11-8-5-2)18-15-12-9-6-3;/h4-19H2,1-3H3;1H/q+1;/p-1. The molecule has 22 heavy (non-hydrogen) atoms. The van der Waals surface area contributed by atoms with Crippen molar-refractivity contribution >= 4 is 15.9 Å². The Balaban J connectivity index is 0. The van der Waals surface area contributed by atoms with E-state index in [0.717, 1.165) is 5.45 Å². The first-order chi connectivity index (χ1) is 10.2. The highest BCUT2D eigenvalue weighted by Crippen LogP contribution is 2.19. The maximum Gasteiger partial charge on any atom is 0.134 e. The second kappa shape index (κ2) is 18.1. The van der Waals surface area contributed by atoms with Crippen molar-refractivity contribution < 1.29 is 16.9 Å². The Hall–Kier alpha value is 0.730. The highest BCUT2D eigenvalue weighted by atomic mass is 79.9. The number of rotatable bonds is 16. The molecule has 0 aromatic carbocycles. The Labute approximate surface area is 155 Å². The van der Waals surface area contributed by atoms with Gasteiger partial charge in [-0.05, 0) is 54.5 Å². The van der Waals surface area contributed by atoms with E-state index in [1.54, 1.807) is 0 Å². The monoisotopic (exact) mass is 397 g/mol. The molecular weight excluding hydrogens is 358 g/mol. The summed E-state index contributed by atoms with van der Waals surface area (Å²) >= 11 is 3.85. The van der Waals surface area contributed by atoms with Crippen LogP contribution in [-0.2, 0) is 0 Å². The van der Waals surface area contributed by atoms with Gasteiger partial charge in [0.15, 0.2) is 0 Å². The maximum absolute atomic E-state index is 3.85. The van der Waals surface area contributed by atoms with Crippen LogP contribution in [-0.4, -0.2) is 29.6 Å². The zero-order valence-electron chi connectivity index (χ0n) is 15.5. The Morgan fingerprint density at radius 3 is 1.09 bits per heavy atom. The molecule has 0 saturated carbocycles. The van der Waals surface area contributed by atoms with Crippen LogP contribution in [0.5, 0.6) is 0 Å². The van der Waals surface area contributed by atoms with Crippen molar-refractivity contribution in [2.45, 2.75) is 97.8 Å². The largest absolute Gasteiger partial charge is 1.00 e. The molecule has 0 unspecified atom stereocenters. The average molecular weight is 399 g/mol. The molecule has 0 spiro atoms. The molecule has 0 fully saturated rings. The number of alkyl halides is 1. The summed E-state index contributed by atoms with van der Waals surface area (Å²) in [5.41, 5.74) is 1.16. The summed E-state index contributed by atoms with van der Waals surface area (Å²) < 4.78 is 1.33. The molecule has 1 nitrogen and oxygen atoms in total. The van der Waals surface area contributed by atoms with E-state index in [0.29, 0.717) is 0 Å². The summed E-state index contributed by atoms with van der Waals surface area (Å²) in [5.74, 6) is 0. The summed E-state index contributed by atoms with van der Waals surface area (Å²) in [6, 6.07) is 0. The van der Waals surface area contributed by atoms with Crippen LogP contribution in [0.4, 0.5) is 0 Å². The highest BCUT2D eigenvalue weighted by molar-refractivity contribution is 9.09. The van der Waals surface area contributed by atoms with E-state index in [1.165, 1.54) is 101 Å². The molecule has 0 N–H and O–H groups in total. The molecule has 0 aliphatic rings. The SMILES string of the molecule is CCCCCC[N+](CBr)(CCCCCC)CCCCCC.[Cl-]. The van der Waals surface area contributed by atoms with E-state index in [-0.39, 0.29) is 12.4 Å². The van der Waals surface area contributed by atoms with E-state index in [4.69, 9.17) is 0 Å². The van der Waals surface area contributed by atoms with Crippen LogP contribution < -0.4 is 12.4 Å². The third kappa shape index (κ3) is 13.2. The second-order valence-corrected chi connectivity index (χ2v) is 7.32.